The van der Waals surface area contributed by atoms with E-state index in [9.17, 15) is 10.2 Å². The molecule has 41 heavy (non-hydrogen) atoms. The van der Waals surface area contributed by atoms with E-state index in [2.05, 4.69) is 53.7 Å². The minimum Gasteiger partial charge on any atom is -0.511 e. The van der Waals surface area contributed by atoms with Crippen molar-refractivity contribution in [3.05, 3.63) is 96.1 Å². The molecule has 4 aromatic rings. The maximum absolute atomic E-state index is 10.9. The highest BCUT2D eigenvalue weighted by Gasteiger charge is 2.46. The average Bonchev–Trinajstić information content (AvgIpc) is 3.36. The number of benzene rings is 4. The quantitative estimate of drug-likeness (QED) is 0.228. The number of rotatable bonds is 6. The summed E-state index contributed by atoms with van der Waals surface area (Å²) in [5, 5.41) is 21.8. The van der Waals surface area contributed by atoms with E-state index < -0.39 is 8.56 Å². The molecule has 1 heterocycles. The Hall–Kier alpha value is -3.70. The average molecular weight is 567 g/mol. The Kier molecular flexibility index (Phi) is 7.69. The zero-order valence-corrected chi connectivity index (χ0v) is 26.1. The molecule has 0 unspecified atom stereocenters. The number of para-hydroxylation sites is 2. The molecule has 0 aromatic heterocycles. The normalized spacial score (nSPS) is 15.1. The lowest BCUT2D eigenvalue weighted by Gasteiger charge is -2.30. The van der Waals surface area contributed by atoms with Gasteiger partial charge in [0.25, 0.3) is 0 Å². The lowest BCUT2D eigenvalue weighted by Crippen LogP contribution is -2.45. The summed E-state index contributed by atoms with van der Waals surface area (Å²) < 4.78 is 14.0. The van der Waals surface area contributed by atoms with Gasteiger partial charge in [-0.3, -0.25) is 0 Å². The van der Waals surface area contributed by atoms with Crippen LogP contribution in [0.5, 0.6) is 23.0 Å². The topological polar surface area (TPSA) is 58.9 Å². The first kappa shape index (κ1) is 28.8. The van der Waals surface area contributed by atoms with Crippen molar-refractivity contribution in [1.82, 2.24) is 0 Å². The fourth-order valence-corrected chi connectivity index (χ4v) is 8.97. The van der Waals surface area contributed by atoms with Crippen molar-refractivity contribution in [1.29, 1.82) is 0 Å². The van der Waals surface area contributed by atoms with E-state index >= 15 is 0 Å². The molecule has 214 valence electrons. The van der Waals surface area contributed by atoms with Gasteiger partial charge in [-0.1, -0.05) is 90.1 Å². The molecule has 1 saturated heterocycles. The van der Waals surface area contributed by atoms with Gasteiger partial charge in [-0.05, 0) is 71.2 Å². The van der Waals surface area contributed by atoms with Gasteiger partial charge in [0.15, 0.2) is 0 Å². The van der Waals surface area contributed by atoms with E-state index in [-0.39, 0.29) is 22.3 Å². The van der Waals surface area contributed by atoms with Crippen LogP contribution in [0.3, 0.4) is 0 Å². The van der Waals surface area contributed by atoms with Crippen molar-refractivity contribution < 1.29 is 19.1 Å². The van der Waals surface area contributed by atoms with Crippen LogP contribution in [0.25, 0.3) is 22.3 Å². The van der Waals surface area contributed by atoms with Gasteiger partial charge in [-0.25, -0.2) is 0 Å². The SMILES string of the molecule is CC(C)(C)c1ccc(O)c(-c2ccccc2O[Si]2(Oc3ccccc3-c3cc(C(C)(C)C)ccc3O)CCCC2)c1. The predicted molar refractivity (Wildman–Crippen MR) is 170 cm³/mol. The van der Waals surface area contributed by atoms with E-state index in [1.165, 1.54) is 0 Å². The van der Waals surface area contributed by atoms with E-state index in [1.54, 1.807) is 12.1 Å². The van der Waals surface area contributed by atoms with Gasteiger partial charge in [0, 0.05) is 34.3 Å². The summed E-state index contributed by atoms with van der Waals surface area (Å²) in [6.07, 6.45) is 2.10. The molecule has 0 aliphatic carbocycles. The van der Waals surface area contributed by atoms with Crippen molar-refractivity contribution in [3.8, 4) is 45.3 Å². The molecule has 0 bridgehead atoms. The van der Waals surface area contributed by atoms with Crippen LogP contribution in [0, 0.1) is 0 Å². The van der Waals surface area contributed by atoms with Gasteiger partial charge in [-0.2, -0.15) is 0 Å². The van der Waals surface area contributed by atoms with Crippen molar-refractivity contribution in [2.24, 2.45) is 0 Å². The molecule has 0 atom stereocenters. The van der Waals surface area contributed by atoms with E-state index in [4.69, 9.17) is 8.85 Å². The fraction of sp³-hybridized carbons (Fsp3) is 0.333. The van der Waals surface area contributed by atoms with Crippen LogP contribution in [0.1, 0.15) is 65.5 Å². The highest BCUT2D eigenvalue weighted by Crippen LogP contribution is 2.44. The second-order valence-electron chi connectivity index (χ2n) is 13.3. The van der Waals surface area contributed by atoms with Crippen molar-refractivity contribution in [2.75, 3.05) is 0 Å². The van der Waals surface area contributed by atoms with Gasteiger partial charge in [0.1, 0.15) is 23.0 Å². The molecule has 1 aliphatic rings. The van der Waals surface area contributed by atoms with E-state index in [0.717, 1.165) is 69.8 Å². The third kappa shape index (κ3) is 6.15. The second-order valence-corrected chi connectivity index (χ2v) is 16.5. The van der Waals surface area contributed by atoms with Crippen LogP contribution in [0.2, 0.25) is 12.1 Å². The maximum atomic E-state index is 10.9. The van der Waals surface area contributed by atoms with E-state index in [0.29, 0.717) is 0 Å². The first-order valence-corrected chi connectivity index (χ1v) is 16.8. The Labute approximate surface area is 245 Å². The molecule has 5 heteroatoms. The van der Waals surface area contributed by atoms with Gasteiger partial charge >= 0.3 is 8.56 Å². The predicted octanol–water partition coefficient (Wildman–Crippen LogP) is 9.72. The summed E-state index contributed by atoms with van der Waals surface area (Å²) in [6, 6.07) is 29.3. The van der Waals surface area contributed by atoms with Crippen molar-refractivity contribution in [3.63, 3.8) is 0 Å². The molecule has 1 fully saturated rings. The molecule has 2 N–H and O–H groups in total. The Morgan fingerprint density at radius 1 is 0.537 bits per heavy atom. The lowest BCUT2D eigenvalue weighted by molar-refractivity contribution is 0.389. The Morgan fingerprint density at radius 2 is 0.927 bits per heavy atom. The standard InChI is InChI=1S/C36H42O4Si/c1-35(2,3)25-17-19-31(37)29(23-25)27-13-7-9-15-33(27)39-41(21-11-12-22-41)40-34-16-10-8-14-28(34)30-24-26(36(4,5)6)18-20-32(30)38/h7-10,13-20,23-24,37-38H,11-12,21-22H2,1-6H3. The largest absolute Gasteiger partial charge is 0.511 e. The first-order valence-electron chi connectivity index (χ1n) is 14.6. The first-order chi connectivity index (χ1) is 19.4. The minimum absolute atomic E-state index is 0.0532. The van der Waals surface area contributed by atoms with Crippen LogP contribution in [-0.2, 0) is 10.8 Å². The lowest BCUT2D eigenvalue weighted by atomic mass is 9.85. The summed E-state index contributed by atoms with van der Waals surface area (Å²) in [5.41, 5.74) is 5.44. The third-order valence-electron chi connectivity index (χ3n) is 8.04. The zero-order valence-electron chi connectivity index (χ0n) is 25.1. The van der Waals surface area contributed by atoms with E-state index in [1.807, 2.05) is 60.7 Å². The molecule has 4 aromatic carbocycles. The van der Waals surface area contributed by atoms with Crippen LogP contribution >= 0.6 is 0 Å². The molecule has 4 nitrogen and oxygen atoms in total. The molecular weight excluding hydrogens is 524 g/mol. The molecular formula is C36H42O4Si. The molecule has 5 rings (SSSR count). The van der Waals surface area contributed by atoms with Gasteiger partial charge < -0.3 is 19.1 Å². The van der Waals surface area contributed by atoms with Crippen LogP contribution < -0.4 is 8.85 Å². The Morgan fingerprint density at radius 3 is 1.32 bits per heavy atom. The number of phenolic OH excluding ortho intramolecular Hbond substituents is 2. The van der Waals surface area contributed by atoms with Crippen LogP contribution in [0.15, 0.2) is 84.9 Å². The summed E-state index contributed by atoms with van der Waals surface area (Å²) >= 11 is 0. The highest BCUT2D eigenvalue weighted by atomic mass is 28.4. The number of aromatic hydroxyl groups is 2. The smallest absolute Gasteiger partial charge is 0.460 e. The molecule has 1 aliphatic heterocycles. The molecule has 0 saturated carbocycles. The van der Waals surface area contributed by atoms with Gasteiger partial charge in [0.2, 0.25) is 0 Å². The number of hydrogen-bond donors (Lipinski definition) is 2. The number of hydrogen-bond acceptors (Lipinski definition) is 4. The summed E-state index contributed by atoms with van der Waals surface area (Å²) in [4.78, 5) is 0. The van der Waals surface area contributed by atoms with Crippen molar-refractivity contribution in [2.45, 2.75) is 77.3 Å². The molecule has 0 spiro atoms. The number of phenols is 2. The summed E-state index contributed by atoms with van der Waals surface area (Å²) in [6.45, 7) is 13.0. The summed E-state index contributed by atoms with van der Waals surface area (Å²) in [5.74, 6) is 1.93. The third-order valence-corrected chi connectivity index (χ3v) is 11.5. The van der Waals surface area contributed by atoms with Crippen molar-refractivity contribution >= 4 is 8.56 Å². The zero-order chi connectivity index (χ0) is 29.4. The van der Waals surface area contributed by atoms with Crippen LogP contribution in [0.4, 0.5) is 0 Å². The Bertz CT molecular complexity index is 1430. The maximum Gasteiger partial charge on any atom is 0.460 e. The second kappa shape index (κ2) is 10.9. The van der Waals surface area contributed by atoms with Gasteiger partial charge in [0.05, 0.1) is 0 Å². The fourth-order valence-electron chi connectivity index (χ4n) is 5.53. The van der Waals surface area contributed by atoms with Gasteiger partial charge in [-0.15, -0.1) is 0 Å². The summed E-state index contributed by atoms with van der Waals surface area (Å²) in [7, 11) is -2.74. The highest BCUT2D eigenvalue weighted by molar-refractivity contribution is 6.69. The molecule has 0 amide bonds. The monoisotopic (exact) mass is 566 g/mol. The molecule has 0 radical (unpaired) electrons. The Balaban J connectivity index is 1.54. The minimum atomic E-state index is -2.74. The van der Waals surface area contributed by atoms with Crippen LogP contribution in [-0.4, -0.2) is 18.8 Å².